The summed E-state index contributed by atoms with van der Waals surface area (Å²) in [5.41, 5.74) is 8.18. The number of rotatable bonds is 4. The zero-order chi connectivity index (χ0) is 36.0. The van der Waals surface area contributed by atoms with Gasteiger partial charge in [0.1, 0.15) is 5.75 Å². The molecule has 0 atom stereocenters. The molecule has 54 heavy (non-hydrogen) atoms. The van der Waals surface area contributed by atoms with Crippen molar-refractivity contribution in [3.63, 3.8) is 0 Å². The minimum absolute atomic E-state index is 0.225. The van der Waals surface area contributed by atoms with Crippen LogP contribution in [0.5, 0.6) is 11.5 Å². The molecule has 0 aliphatic carbocycles. The van der Waals surface area contributed by atoms with Gasteiger partial charge in [0.05, 0.1) is 11.0 Å². The van der Waals surface area contributed by atoms with Crippen molar-refractivity contribution >= 4 is 53.3 Å². The Kier molecular flexibility index (Phi) is 6.70. The lowest BCUT2D eigenvalue weighted by Gasteiger charge is -2.35. The van der Waals surface area contributed by atoms with Crippen LogP contribution in [0, 0.1) is 0 Å². The second kappa shape index (κ2) is 11.7. The Labute approximate surface area is 315 Å². The number of aromatic nitrogens is 4. The molecule has 3 aromatic heterocycles. The number of benzene rings is 7. The smallest absolute Gasteiger partial charge is 0.164 e. The van der Waals surface area contributed by atoms with E-state index in [1.54, 1.807) is 0 Å². The Morgan fingerprint density at radius 2 is 1.13 bits per heavy atom. The van der Waals surface area contributed by atoms with Gasteiger partial charge in [-0.3, -0.25) is 0 Å². The quantitative estimate of drug-likeness (QED) is 0.182. The third-order valence-electron chi connectivity index (χ3n) is 10.9. The van der Waals surface area contributed by atoms with Crippen LogP contribution in [0.4, 0.5) is 0 Å². The Bertz CT molecular complexity index is 3110. The molecule has 0 fully saturated rings. The van der Waals surface area contributed by atoms with E-state index >= 15 is 0 Å². The lowest BCUT2D eigenvalue weighted by Crippen LogP contribution is -2.24. The second-order valence-electron chi connectivity index (χ2n) is 14.4. The Hall–Kier alpha value is -6.63. The molecular formula is C48H32N4OS. The molecule has 10 aromatic rings. The van der Waals surface area contributed by atoms with E-state index in [1.807, 2.05) is 47.7 Å². The zero-order valence-electron chi connectivity index (χ0n) is 29.6. The lowest BCUT2D eigenvalue weighted by molar-refractivity contribution is 0.421. The fourth-order valence-electron chi connectivity index (χ4n) is 8.19. The number of hydrogen-bond donors (Lipinski definition) is 0. The Morgan fingerprint density at radius 3 is 1.94 bits per heavy atom. The van der Waals surface area contributed by atoms with Crippen LogP contribution >= 0.6 is 11.3 Å². The lowest BCUT2D eigenvalue weighted by atomic mass is 9.75. The van der Waals surface area contributed by atoms with E-state index < -0.39 is 0 Å². The highest BCUT2D eigenvalue weighted by molar-refractivity contribution is 7.25. The molecule has 1 aliphatic rings. The van der Waals surface area contributed by atoms with E-state index in [-0.39, 0.29) is 5.41 Å². The van der Waals surface area contributed by atoms with E-state index in [0.29, 0.717) is 17.5 Å². The van der Waals surface area contributed by atoms with E-state index in [0.717, 1.165) is 50.3 Å². The molecule has 0 amide bonds. The number of hydrogen-bond acceptors (Lipinski definition) is 5. The summed E-state index contributed by atoms with van der Waals surface area (Å²) in [5, 5.41) is 4.81. The van der Waals surface area contributed by atoms with Crippen LogP contribution in [-0.2, 0) is 5.41 Å². The molecule has 0 unspecified atom stereocenters. The van der Waals surface area contributed by atoms with E-state index in [9.17, 15) is 0 Å². The largest absolute Gasteiger partial charge is 0.454 e. The van der Waals surface area contributed by atoms with Crippen molar-refractivity contribution in [2.75, 3.05) is 0 Å². The highest BCUT2D eigenvalue weighted by atomic mass is 32.1. The van der Waals surface area contributed by atoms with Crippen LogP contribution in [0.15, 0.2) is 158 Å². The van der Waals surface area contributed by atoms with Crippen molar-refractivity contribution in [2.24, 2.45) is 0 Å². The van der Waals surface area contributed by atoms with Crippen molar-refractivity contribution in [2.45, 2.75) is 19.3 Å². The highest BCUT2D eigenvalue weighted by Gasteiger charge is 2.36. The van der Waals surface area contributed by atoms with Crippen molar-refractivity contribution < 1.29 is 4.74 Å². The summed E-state index contributed by atoms with van der Waals surface area (Å²) in [4.78, 5) is 15.2. The fraction of sp³-hybridized carbons (Fsp3) is 0.0625. The first kappa shape index (κ1) is 30.9. The van der Waals surface area contributed by atoms with E-state index in [2.05, 4.69) is 140 Å². The first-order valence-electron chi connectivity index (χ1n) is 18.2. The molecule has 0 saturated carbocycles. The summed E-state index contributed by atoms with van der Waals surface area (Å²) in [6.07, 6.45) is 0. The van der Waals surface area contributed by atoms with Crippen molar-refractivity contribution in [3.05, 3.63) is 169 Å². The van der Waals surface area contributed by atoms with Gasteiger partial charge in [0.15, 0.2) is 23.2 Å². The topological polar surface area (TPSA) is 52.8 Å². The van der Waals surface area contributed by atoms with Gasteiger partial charge in [-0.05, 0) is 60.7 Å². The van der Waals surface area contributed by atoms with Gasteiger partial charge < -0.3 is 9.30 Å². The fourth-order valence-corrected chi connectivity index (χ4v) is 9.28. The summed E-state index contributed by atoms with van der Waals surface area (Å²) in [7, 11) is 0. The average Bonchev–Trinajstić information content (AvgIpc) is 3.77. The molecule has 5 nitrogen and oxygen atoms in total. The van der Waals surface area contributed by atoms with E-state index in [1.165, 1.54) is 36.7 Å². The van der Waals surface area contributed by atoms with Crippen molar-refractivity contribution in [3.8, 4) is 51.3 Å². The molecule has 6 heteroatoms. The maximum Gasteiger partial charge on any atom is 0.164 e. The van der Waals surface area contributed by atoms with Crippen LogP contribution in [0.3, 0.4) is 0 Å². The molecule has 7 aromatic carbocycles. The molecular weight excluding hydrogens is 681 g/mol. The van der Waals surface area contributed by atoms with E-state index in [4.69, 9.17) is 19.7 Å². The van der Waals surface area contributed by atoms with Crippen LogP contribution < -0.4 is 4.74 Å². The van der Waals surface area contributed by atoms with Crippen LogP contribution in [-0.4, -0.2) is 19.5 Å². The number of fused-ring (bicyclic) bond motifs is 9. The van der Waals surface area contributed by atoms with Gasteiger partial charge >= 0.3 is 0 Å². The van der Waals surface area contributed by atoms with Gasteiger partial charge in [-0.25, -0.2) is 15.0 Å². The maximum atomic E-state index is 6.82. The number of ether oxygens (including phenoxy) is 1. The molecule has 0 bridgehead atoms. The summed E-state index contributed by atoms with van der Waals surface area (Å²) >= 11 is 1.81. The van der Waals surface area contributed by atoms with Gasteiger partial charge in [-0.1, -0.05) is 111 Å². The normalized spacial score (nSPS) is 13.3. The molecule has 0 spiro atoms. The molecule has 0 radical (unpaired) electrons. The van der Waals surface area contributed by atoms with Crippen molar-refractivity contribution in [1.82, 2.24) is 19.5 Å². The standard InChI is InChI=1S/C48H32N4OS/c1-48(2)37-16-8-10-18-40(37)53-44-38(48)26-25-35-33-14-6-9-17-39(33)52(43(35)44)32-23-20-30(21-24-32)46-49-45(29-12-4-3-5-13-29)50-47(51-46)31-22-27-42-36(28-31)34-15-7-11-19-41(34)54-42/h3-28H,1-2H3. The monoisotopic (exact) mass is 712 g/mol. The minimum Gasteiger partial charge on any atom is -0.454 e. The van der Waals surface area contributed by atoms with Crippen LogP contribution in [0.25, 0.3) is 81.8 Å². The van der Waals surface area contributed by atoms with Crippen LogP contribution in [0.1, 0.15) is 25.0 Å². The Balaban J connectivity index is 1.07. The molecule has 11 rings (SSSR count). The number of nitrogens with zero attached hydrogens (tertiary/aromatic N) is 4. The minimum atomic E-state index is -0.225. The zero-order valence-corrected chi connectivity index (χ0v) is 30.4. The van der Waals surface area contributed by atoms with Gasteiger partial charge in [0.2, 0.25) is 0 Å². The number of thiophene rings is 1. The summed E-state index contributed by atoms with van der Waals surface area (Å²) in [5.74, 6) is 3.72. The third kappa shape index (κ3) is 4.67. The van der Waals surface area contributed by atoms with Gasteiger partial charge in [-0.2, -0.15) is 0 Å². The van der Waals surface area contributed by atoms with Crippen LogP contribution in [0.2, 0.25) is 0 Å². The summed E-state index contributed by atoms with van der Waals surface area (Å²) < 4.78 is 11.7. The highest BCUT2D eigenvalue weighted by Crippen LogP contribution is 2.52. The predicted octanol–water partition coefficient (Wildman–Crippen LogP) is 12.8. The first-order chi connectivity index (χ1) is 26.5. The predicted molar refractivity (Wildman–Crippen MR) is 222 cm³/mol. The molecule has 0 saturated heterocycles. The average molecular weight is 713 g/mol. The maximum absolute atomic E-state index is 6.82. The van der Waals surface area contributed by atoms with Gasteiger partial charge in [0, 0.05) is 69.9 Å². The summed E-state index contributed by atoms with van der Waals surface area (Å²) in [6, 6.07) is 55.3. The third-order valence-corrected chi connectivity index (χ3v) is 12.1. The van der Waals surface area contributed by atoms with Gasteiger partial charge in [0.25, 0.3) is 0 Å². The first-order valence-corrected chi connectivity index (χ1v) is 19.0. The molecule has 4 heterocycles. The SMILES string of the molecule is CC1(C)c2ccccc2Oc2c1ccc1c3ccccc3n(-c3ccc(-c4nc(-c5ccccc5)nc(-c5ccc6sc7ccccc7c6c5)n4)cc3)c21. The van der Waals surface area contributed by atoms with Gasteiger partial charge in [-0.15, -0.1) is 11.3 Å². The molecule has 256 valence electrons. The molecule has 0 N–H and O–H groups in total. The van der Waals surface area contributed by atoms with Crippen molar-refractivity contribution in [1.29, 1.82) is 0 Å². The summed E-state index contributed by atoms with van der Waals surface area (Å²) in [6.45, 7) is 4.57. The Morgan fingerprint density at radius 1 is 0.500 bits per heavy atom. The second-order valence-corrected chi connectivity index (χ2v) is 15.5. The molecule has 1 aliphatic heterocycles. The number of para-hydroxylation sites is 2.